The number of carbonyl (C=O) groups is 2. The predicted octanol–water partition coefficient (Wildman–Crippen LogP) is 3.66. The van der Waals surface area contributed by atoms with E-state index in [1.165, 1.54) is 0 Å². The minimum atomic E-state index is -1.87. The Morgan fingerprint density at radius 3 is 2.27 bits per heavy atom. The monoisotopic (exact) mass is 384 g/mol. The first-order valence-corrected chi connectivity index (χ1v) is 12.6. The molecule has 0 aromatic carbocycles. The Morgan fingerprint density at radius 1 is 1.12 bits per heavy atom. The van der Waals surface area contributed by atoms with Crippen LogP contribution in [0.3, 0.4) is 0 Å². The Kier molecular flexibility index (Phi) is 5.83. The van der Waals surface area contributed by atoms with Gasteiger partial charge >= 0.3 is 6.09 Å². The molecule has 0 radical (unpaired) electrons. The molecule has 2 saturated heterocycles. The van der Waals surface area contributed by atoms with E-state index >= 15 is 0 Å². The molecule has 0 unspecified atom stereocenters. The highest BCUT2D eigenvalue weighted by Crippen LogP contribution is 2.40. The Morgan fingerprint density at radius 2 is 1.73 bits per heavy atom. The number of ether oxygens (including phenoxy) is 1. The fraction of sp³-hybridized carbons (Fsp3) is 0.895. The molecule has 2 aliphatic rings. The molecule has 26 heavy (non-hydrogen) atoms. The van der Waals surface area contributed by atoms with Crippen molar-refractivity contribution in [2.75, 3.05) is 6.54 Å². The van der Waals surface area contributed by atoms with Crippen LogP contribution >= 0.6 is 0 Å². The van der Waals surface area contributed by atoms with Crippen molar-refractivity contribution >= 4 is 20.3 Å². The van der Waals surface area contributed by atoms with Crippen molar-refractivity contribution < 1.29 is 18.8 Å². The summed E-state index contributed by atoms with van der Waals surface area (Å²) < 4.78 is 11.9. The zero-order valence-corrected chi connectivity index (χ0v) is 18.6. The van der Waals surface area contributed by atoms with Crippen LogP contribution in [0.1, 0.15) is 60.8 Å². The standard InChI is InChI=1S/C19H36N2O4Si/c1-18(2,3)24-17(23)20-13-9-10-14-15(11-12-21(14)16(13)22)25-26(7,8)19(4,5)6/h13-15H,9-12H2,1-8H3,(H,20,23)/t13-,14-,15+/m1/s1. The molecule has 2 rings (SSSR count). The molecule has 150 valence electrons. The first-order chi connectivity index (χ1) is 11.7. The van der Waals surface area contributed by atoms with Crippen molar-refractivity contribution in [2.45, 2.75) is 103 Å². The van der Waals surface area contributed by atoms with E-state index in [0.29, 0.717) is 13.0 Å². The van der Waals surface area contributed by atoms with Gasteiger partial charge in [0.2, 0.25) is 5.91 Å². The van der Waals surface area contributed by atoms with E-state index in [1.807, 2.05) is 25.7 Å². The van der Waals surface area contributed by atoms with Gasteiger partial charge in [0.25, 0.3) is 0 Å². The van der Waals surface area contributed by atoms with Gasteiger partial charge in [0.1, 0.15) is 11.6 Å². The second-order valence-corrected chi connectivity index (χ2v) is 14.8. The number of hydrogen-bond acceptors (Lipinski definition) is 4. The van der Waals surface area contributed by atoms with Crippen LogP contribution in [0.5, 0.6) is 0 Å². The van der Waals surface area contributed by atoms with Crippen molar-refractivity contribution in [1.82, 2.24) is 10.2 Å². The predicted molar refractivity (Wildman–Crippen MR) is 105 cm³/mol. The lowest BCUT2D eigenvalue weighted by Gasteiger charge is -2.42. The van der Waals surface area contributed by atoms with Crippen molar-refractivity contribution in [1.29, 1.82) is 0 Å². The topological polar surface area (TPSA) is 67.9 Å². The Balaban J connectivity index is 1.98. The second-order valence-electron chi connectivity index (χ2n) is 10.1. The maximum atomic E-state index is 12.8. The first-order valence-electron chi connectivity index (χ1n) is 9.69. The van der Waals surface area contributed by atoms with Gasteiger partial charge in [-0.25, -0.2) is 4.79 Å². The Labute approximate surface area is 159 Å². The zero-order valence-electron chi connectivity index (χ0n) is 17.6. The summed E-state index contributed by atoms with van der Waals surface area (Å²) in [7, 11) is -1.87. The van der Waals surface area contributed by atoms with Crippen LogP contribution in [-0.4, -0.2) is 55.6 Å². The third-order valence-corrected chi connectivity index (χ3v) is 10.3. The highest BCUT2D eigenvalue weighted by Gasteiger charge is 2.48. The number of fused-ring (bicyclic) bond motifs is 1. The number of carbonyl (C=O) groups excluding carboxylic acids is 2. The molecule has 0 spiro atoms. The van der Waals surface area contributed by atoms with E-state index < -0.39 is 26.1 Å². The summed E-state index contributed by atoms with van der Waals surface area (Å²) in [6, 6.07) is -0.360. The lowest BCUT2D eigenvalue weighted by molar-refractivity contribution is -0.138. The van der Waals surface area contributed by atoms with Crippen LogP contribution in [0.25, 0.3) is 0 Å². The zero-order chi connectivity index (χ0) is 19.9. The highest BCUT2D eigenvalue weighted by molar-refractivity contribution is 6.74. The summed E-state index contributed by atoms with van der Waals surface area (Å²) in [6.07, 6.45) is 1.95. The quantitative estimate of drug-likeness (QED) is 0.754. The Bertz CT molecular complexity index is 551. The molecule has 1 N–H and O–H groups in total. The van der Waals surface area contributed by atoms with Gasteiger partial charge in [0.05, 0.1) is 12.1 Å². The fourth-order valence-electron chi connectivity index (χ4n) is 3.38. The molecule has 0 saturated carbocycles. The van der Waals surface area contributed by atoms with Crippen LogP contribution in [0.4, 0.5) is 4.79 Å². The van der Waals surface area contributed by atoms with Crippen LogP contribution in [0.15, 0.2) is 0 Å². The van der Waals surface area contributed by atoms with E-state index in [9.17, 15) is 9.59 Å². The fourth-order valence-corrected chi connectivity index (χ4v) is 4.76. The number of nitrogens with one attached hydrogen (secondary N) is 1. The third kappa shape index (κ3) is 4.79. The molecular formula is C19H36N2O4Si. The smallest absolute Gasteiger partial charge is 0.408 e. The second kappa shape index (κ2) is 7.15. The van der Waals surface area contributed by atoms with Gasteiger partial charge in [-0.15, -0.1) is 0 Å². The SMILES string of the molecule is CC(C)(C)OC(=O)N[C@@H]1CC[C@@H]2[C@@H](O[Si](C)(C)C(C)(C)C)CCN2C1=O. The molecule has 0 aromatic heterocycles. The summed E-state index contributed by atoms with van der Waals surface area (Å²) in [5.74, 6) is -0.00607. The third-order valence-electron chi connectivity index (χ3n) is 5.76. The maximum Gasteiger partial charge on any atom is 0.408 e. The molecular weight excluding hydrogens is 348 g/mol. The van der Waals surface area contributed by atoms with E-state index in [-0.39, 0.29) is 23.1 Å². The molecule has 2 aliphatic heterocycles. The molecule has 3 atom stereocenters. The summed E-state index contributed by atoms with van der Waals surface area (Å²) in [6.45, 7) is 17.4. The molecule has 2 amide bonds. The number of nitrogens with zero attached hydrogens (tertiary/aromatic N) is 1. The number of rotatable bonds is 3. The van der Waals surface area contributed by atoms with Gasteiger partial charge < -0.3 is 19.4 Å². The molecule has 0 bridgehead atoms. The number of alkyl carbamates (subject to hydrolysis) is 1. The van der Waals surface area contributed by atoms with E-state index in [0.717, 1.165) is 12.8 Å². The van der Waals surface area contributed by atoms with Crippen molar-refractivity contribution in [2.24, 2.45) is 0 Å². The van der Waals surface area contributed by atoms with Crippen molar-refractivity contribution in [3.05, 3.63) is 0 Å². The van der Waals surface area contributed by atoms with Crippen molar-refractivity contribution in [3.63, 3.8) is 0 Å². The van der Waals surface area contributed by atoms with E-state index in [1.54, 1.807) is 0 Å². The lowest BCUT2D eigenvalue weighted by atomic mass is 9.97. The Hall–Kier alpha value is -1.08. The van der Waals surface area contributed by atoms with E-state index in [2.05, 4.69) is 39.2 Å². The van der Waals surface area contributed by atoms with Gasteiger partial charge in [-0.3, -0.25) is 4.79 Å². The molecule has 6 nitrogen and oxygen atoms in total. The largest absolute Gasteiger partial charge is 0.444 e. The van der Waals surface area contributed by atoms with E-state index in [4.69, 9.17) is 9.16 Å². The summed E-state index contributed by atoms with van der Waals surface area (Å²) in [5.41, 5.74) is -0.569. The van der Waals surface area contributed by atoms with Crippen LogP contribution < -0.4 is 5.32 Å². The summed E-state index contributed by atoms with van der Waals surface area (Å²) >= 11 is 0. The summed E-state index contributed by atoms with van der Waals surface area (Å²) in [4.78, 5) is 26.7. The summed E-state index contributed by atoms with van der Waals surface area (Å²) in [5, 5.41) is 2.89. The van der Waals surface area contributed by atoms with Crippen LogP contribution in [0.2, 0.25) is 18.1 Å². The normalized spacial score (nSPS) is 27.3. The minimum absolute atomic E-state index is 0.00607. The van der Waals surface area contributed by atoms with Gasteiger partial charge in [0, 0.05) is 6.54 Å². The van der Waals surface area contributed by atoms with Crippen molar-refractivity contribution in [3.8, 4) is 0 Å². The number of piperidine rings is 1. The molecule has 0 aromatic rings. The van der Waals surface area contributed by atoms with Crippen LogP contribution in [-0.2, 0) is 14.0 Å². The highest BCUT2D eigenvalue weighted by atomic mass is 28.4. The average molecular weight is 385 g/mol. The number of amides is 2. The molecule has 0 aliphatic carbocycles. The van der Waals surface area contributed by atoms with Gasteiger partial charge in [-0.05, 0) is 58.2 Å². The molecule has 7 heteroatoms. The number of hydrogen-bond donors (Lipinski definition) is 1. The first kappa shape index (κ1) is 21.2. The lowest BCUT2D eigenvalue weighted by Crippen LogP contribution is -2.57. The minimum Gasteiger partial charge on any atom is -0.444 e. The molecule has 2 fully saturated rings. The average Bonchev–Trinajstić information content (AvgIpc) is 2.82. The molecule has 2 heterocycles. The maximum absolute atomic E-state index is 12.8. The van der Waals surface area contributed by atoms with Gasteiger partial charge in [-0.2, -0.15) is 0 Å². The van der Waals surface area contributed by atoms with Crippen LogP contribution in [0, 0.1) is 0 Å². The van der Waals surface area contributed by atoms with Gasteiger partial charge in [0.15, 0.2) is 8.32 Å². The van der Waals surface area contributed by atoms with Gasteiger partial charge in [-0.1, -0.05) is 20.8 Å².